The normalized spacial score (nSPS) is 62.2. The molecule has 4 rings (SSSR count). The predicted molar refractivity (Wildman–Crippen MR) is 59.5 cm³/mol. The van der Waals surface area contributed by atoms with Gasteiger partial charge in [0.05, 0.1) is 5.60 Å². The summed E-state index contributed by atoms with van der Waals surface area (Å²) >= 11 is 0. The summed E-state index contributed by atoms with van der Waals surface area (Å²) < 4.78 is 5.93. The van der Waals surface area contributed by atoms with Crippen LogP contribution in [0.5, 0.6) is 0 Å². The standard InChI is InChI=1S/C14H22O/c1-4-12(2,15-3)13-7-10-5-9-6-11(8-13)14(9,10)13/h9-11H,4-8H2,1-3H3. The van der Waals surface area contributed by atoms with E-state index in [1.165, 1.54) is 19.3 Å². The van der Waals surface area contributed by atoms with E-state index in [4.69, 9.17) is 4.74 Å². The molecule has 4 aliphatic rings. The molecule has 0 saturated heterocycles. The van der Waals surface area contributed by atoms with E-state index >= 15 is 0 Å². The Bertz CT molecular complexity index is 299. The Morgan fingerprint density at radius 1 is 1.20 bits per heavy atom. The van der Waals surface area contributed by atoms with E-state index in [2.05, 4.69) is 13.8 Å². The van der Waals surface area contributed by atoms with Gasteiger partial charge < -0.3 is 4.74 Å². The zero-order valence-electron chi connectivity index (χ0n) is 10.2. The first kappa shape index (κ1) is 9.04. The molecule has 4 saturated carbocycles. The number of rotatable bonds is 3. The molecule has 0 N–H and O–H groups in total. The van der Waals surface area contributed by atoms with Crippen molar-refractivity contribution in [1.29, 1.82) is 0 Å². The average Bonchev–Trinajstić information content (AvgIpc) is 2.12. The van der Waals surface area contributed by atoms with Crippen molar-refractivity contribution in [3.63, 3.8) is 0 Å². The molecule has 15 heavy (non-hydrogen) atoms. The lowest BCUT2D eigenvalue weighted by Crippen LogP contribution is -2.89. The quantitative estimate of drug-likeness (QED) is 0.689. The monoisotopic (exact) mass is 206 g/mol. The summed E-state index contributed by atoms with van der Waals surface area (Å²) in [6.45, 7) is 4.68. The van der Waals surface area contributed by atoms with Crippen LogP contribution >= 0.6 is 0 Å². The van der Waals surface area contributed by atoms with Crippen molar-refractivity contribution in [1.82, 2.24) is 0 Å². The number of hydrogen-bond acceptors (Lipinski definition) is 1. The Labute approximate surface area is 92.6 Å². The second-order valence-electron chi connectivity index (χ2n) is 6.77. The summed E-state index contributed by atoms with van der Waals surface area (Å²) in [4.78, 5) is 0. The minimum absolute atomic E-state index is 0.180. The summed E-state index contributed by atoms with van der Waals surface area (Å²) in [6, 6.07) is 0. The summed E-state index contributed by atoms with van der Waals surface area (Å²) in [6.07, 6.45) is 7.28. The van der Waals surface area contributed by atoms with Crippen LogP contribution in [0, 0.1) is 28.6 Å². The van der Waals surface area contributed by atoms with Crippen molar-refractivity contribution >= 4 is 0 Å². The second kappa shape index (κ2) is 2.16. The van der Waals surface area contributed by atoms with E-state index in [0.29, 0.717) is 5.41 Å². The first-order chi connectivity index (χ1) is 7.14. The maximum Gasteiger partial charge on any atom is 0.0709 e. The van der Waals surface area contributed by atoms with Crippen molar-refractivity contribution in [3.05, 3.63) is 0 Å². The van der Waals surface area contributed by atoms with Gasteiger partial charge >= 0.3 is 0 Å². The van der Waals surface area contributed by atoms with Gasteiger partial charge in [-0.05, 0) is 62.2 Å². The molecular formula is C14H22O. The van der Waals surface area contributed by atoms with Crippen molar-refractivity contribution in [2.45, 2.75) is 51.6 Å². The van der Waals surface area contributed by atoms with Gasteiger partial charge in [-0.2, -0.15) is 0 Å². The van der Waals surface area contributed by atoms with Gasteiger partial charge in [-0.25, -0.2) is 0 Å². The minimum Gasteiger partial charge on any atom is -0.378 e. The van der Waals surface area contributed by atoms with Crippen LogP contribution < -0.4 is 0 Å². The van der Waals surface area contributed by atoms with Crippen molar-refractivity contribution in [2.24, 2.45) is 28.6 Å². The van der Waals surface area contributed by atoms with Crippen LogP contribution in [0.25, 0.3) is 0 Å². The first-order valence-electron chi connectivity index (χ1n) is 6.70. The Hall–Kier alpha value is -0.0400. The molecular weight excluding hydrogens is 184 g/mol. The second-order valence-corrected chi connectivity index (χ2v) is 6.77. The minimum atomic E-state index is 0.180. The van der Waals surface area contributed by atoms with Gasteiger partial charge in [-0.15, -0.1) is 0 Å². The number of methoxy groups -OCH3 is 1. The third-order valence-electron chi connectivity index (χ3n) is 7.32. The molecule has 3 atom stereocenters. The van der Waals surface area contributed by atoms with Crippen molar-refractivity contribution in [3.8, 4) is 0 Å². The maximum absolute atomic E-state index is 5.93. The van der Waals surface area contributed by atoms with Crippen LogP contribution in [0.1, 0.15) is 46.0 Å². The Kier molecular flexibility index (Phi) is 1.30. The van der Waals surface area contributed by atoms with Crippen LogP contribution in [0.15, 0.2) is 0 Å². The smallest absolute Gasteiger partial charge is 0.0709 e. The van der Waals surface area contributed by atoms with Gasteiger partial charge in [0.25, 0.3) is 0 Å². The fraction of sp³-hybridized carbons (Fsp3) is 1.00. The topological polar surface area (TPSA) is 9.23 Å². The van der Waals surface area contributed by atoms with Gasteiger partial charge in [-0.3, -0.25) is 0 Å². The fourth-order valence-corrected chi connectivity index (χ4v) is 6.50. The summed E-state index contributed by atoms with van der Waals surface area (Å²) in [5.41, 5.74) is 1.60. The van der Waals surface area contributed by atoms with Crippen LogP contribution in [0.3, 0.4) is 0 Å². The molecule has 4 fully saturated rings. The van der Waals surface area contributed by atoms with Crippen LogP contribution in [-0.2, 0) is 4.74 Å². The van der Waals surface area contributed by atoms with Gasteiger partial charge in [0.1, 0.15) is 0 Å². The largest absolute Gasteiger partial charge is 0.378 e. The van der Waals surface area contributed by atoms with Gasteiger partial charge in [0.15, 0.2) is 0 Å². The highest BCUT2D eigenvalue weighted by Gasteiger charge is 2.90. The average molecular weight is 206 g/mol. The maximum atomic E-state index is 5.93. The predicted octanol–water partition coefficient (Wildman–Crippen LogP) is 3.24. The molecule has 84 valence electrons. The van der Waals surface area contributed by atoms with E-state index < -0.39 is 0 Å². The Morgan fingerprint density at radius 3 is 2.13 bits per heavy atom. The third-order valence-corrected chi connectivity index (χ3v) is 7.32. The molecule has 0 aromatic heterocycles. The zero-order valence-corrected chi connectivity index (χ0v) is 10.2. The lowest BCUT2D eigenvalue weighted by atomic mass is 9.11. The highest BCUT2D eigenvalue weighted by Crippen LogP contribution is 2.95. The van der Waals surface area contributed by atoms with Crippen molar-refractivity contribution in [2.75, 3.05) is 7.11 Å². The molecule has 0 aliphatic heterocycles. The molecule has 0 aromatic rings. The van der Waals surface area contributed by atoms with E-state index in [0.717, 1.165) is 23.2 Å². The molecule has 4 aliphatic carbocycles. The SMILES string of the molecule is CCC(C)(OC)C12CC3CC4CC(C1)C432. The molecule has 3 unspecified atom stereocenters. The zero-order chi connectivity index (χ0) is 10.5. The first-order valence-corrected chi connectivity index (χ1v) is 6.70. The molecule has 0 amide bonds. The van der Waals surface area contributed by atoms with E-state index in [9.17, 15) is 0 Å². The van der Waals surface area contributed by atoms with E-state index in [1.54, 1.807) is 12.8 Å². The van der Waals surface area contributed by atoms with E-state index in [-0.39, 0.29) is 5.60 Å². The lowest BCUT2D eigenvalue weighted by Gasteiger charge is -2.93. The van der Waals surface area contributed by atoms with Crippen LogP contribution in [-0.4, -0.2) is 12.7 Å². The lowest BCUT2D eigenvalue weighted by molar-refractivity contribution is -0.469. The van der Waals surface area contributed by atoms with Gasteiger partial charge in [0, 0.05) is 12.5 Å². The fourth-order valence-electron chi connectivity index (χ4n) is 6.50. The van der Waals surface area contributed by atoms with Crippen LogP contribution in [0.4, 0.5) is 0 Å². The summed E-state index contributed by atoms with van der Waals surface area (Å²) in [5.74, 6) is 3.32. The van der Waals surface area contributed by atoms with Gasteiger partial charge in [-0.1, -0.05) is 6.92 Å². The number of ether oxygens (including phenoxy) is 1. The third kappa shape index (κ3) is 0.555. The molecule has 0 aromatic carbocycles. The molecule has 1 heteroatoms. The number of hydrogen-bond donors (Lipinski definition) is 0. The summed E-state index contributed by atoms with van der Waals surface area (Å²) in [7, 11) is 1.93. The summed E-state index contributed by atoms with van der Waals surface area (Å²) in [5, 5.41) is 0. The Balaban J connectivity index is 1.73. The molecule has 1 nitrogen and oxygen atoms in total. The highest BCUT2D eigenvalue weighted by atomic mass is 16.5. The highest BCUT2D eigenvalue weighted by molar-refractivity contribution is 5.38. The molecule has 0 bridgehead atoms. The molecule has 0 heterocycles. The molecule has 1 spiro atoms. The molecule has 0 radical (unpaired) electrons. The van der Waals surface area contributed by atoms with E-state index in [1.807, 2.05) is 7.11 Å². The van der Waals surface area contributed by atoms with Crippen molar-refractivity contribution < 1.29 is 4.74 Å². The van der Waals surface area contributed by atoms with Gasteiger partial charge in [0.2, 0.25) is 0 Å². The Morgan fingerprint density at radius 2 is 1.80 bits per heavy atom. The van der Waals surface area contributed by atoms with Crippen LogP contribution in [0.2, 0.25) is 0 Å².